The molecule has 11 heavy (non-hydrogen) atoms. The number of rotatable bonds is 3. The summed E-state index contributed by atoms with van der Waals surface area (Å²) in [4.78, 5) is 0. The van der Waals surface area contributed by atoms with Gasteiger partial charge in [0.15, 0.2) is 0 Å². The SMILES string of the molecule is BC(C)(COI)CC(C)(C)C. The van der Waals surface area contributed by atoms with E-state index in [9.17, 15) is 0 Å². The van der Waals surface area contributed by atoms with Crippen LogP contribution in [0.15, 0.2) is 0 Å². The van der Waals surface area contributed by atoms with E-state index in [1.54, 1.807) is 0 Å². The Balaban J connectivity index is 3.91. The molecule has 0 saturated heterocycles. The third-order valence-corrected chi connectivity index (χ3v) is 1.77. The molecule has 0 aromatic heterocycles. The fraction of sp³-hybridized carbons (Fsp3) is 1.00. The molecule has 0 fully saturated rings. The van der Waals surface area contributed by atoms with Crippen LogP contribution >= 0.6 is 23.0 Å². The predicted molar refractivity (Wildman–Crippen MR) is 61.0 cm³/mol. The second kappa shape index (κ2) is 4.12. The van der Waals surface area contributed by atoms with E-state index in [0.717, 1.165) is 6.61 Å². The van der Waals surface area contributed by atoms with Gasteiger partial charge in [-0.15, -0.1) is 0 Å². The Labute approximate surface area is 85.4 Å². The van der Waals surface area contributed by atoms with Gasteiger partial charge in [-0.2, -0.15) is 0 Å². The minimum Gasteiger partial charge on any atom is -0.316 e. The monoisotopic (exact) mass is 268 g/mol. The van der Waals surface area contributed by atoms with E-state index in [-0.39, 0.29) is 0 Å². The lowest BCUT2D eigenvalue weighted by Gasteiger charge is -2.31. The maximum Gasteiger partial charge on any atom is 0.112 e. The maximum absolute atomic E-state index is 5.12. The molecular weight excluding hydrogens is 250 g/mol. The molecule has 0 aliphatic heterocycles. The fourth-order valence-electron chi connectivity index (χ4n) is 1.63. The van der Waals surface area contributed by atoms with Gasteiger partial charge in [0.1, 0.15) is 30.9 Å². The van der Waals surface area contributed by atoms with Gasteiger partial charge in [-0.05, 0) is 17.2 Å². The fourth-order valence-corrected chi connectivity index (χ4v) is 2.48. The van der Waals surface area contributed by atoms with Crippen molar-refractivity contribution in [3.8, 4) is 0 Å². The minimum atomic E-state index is 0.305. The first-order valence-electron chi connectivity index (χ1n) is 4.00. The van der Waals surface area contributed by atoms with Crippen molar-refractivity contribution in [3.63, 3.8) is 0 Å². The summed E-state index contributed by atoms with van der Waals surface area (Å²) in [6, 6.07) is 0. The molecule has 0 radical (unpaired) electrons. The van der Waals surface area contributed by atoms with Gasteiger partial charge in [-0.1, -0.05) is 27.7 Å². The van der Waals surface area contributed by atoms with Gasteiger partial charge in [-0.3, -0.25) is 0 Å². The Bertz CT molecular complexity index is 118. The molecule has 0 aliphatic carbocycles. The van der Waals surface area contributed by atoms with Gasteiger partial charge in [-0.25, -0.2) is 0 Å². The van der Waals surface area contributed by atoms with E-state index >= 15 is 0 Å². The lowest BCUT2D eigenvalue weighted by Crippen LogP contribution is -2.21. The molecule has 0 bridgehead atoms. The van der Waals surface area contributed by atoms with Crippen LogP contribution < -0.4 is 0 Å². The molecule has 1 unspecified atom stereocenters. The van der Waals surface area contributed by atoms with Crippen molar-refractivity contribution >= 4 is 30.9 Å². The average Bonchev–Trinajstić information content (AvgIpc) is 1.55. The zero-order chi connectivity index (χ0) is 9.12. The van der Waals surface area contributed by atoms with E-state index in [0.29, 0.717) is 10.7 Å². The lowest BCUT2D eigenvalue weighted by molar-refractivity contribution is 0.260. The predicted octanol–water partition coefficient (Wildman–Crippen LogP) is 2.60. The average molecular weight is 268 g/mol. The Kier molecular flexibility index (Phi) is 4.41. The summed E-state index contributed by atoms with van der Waals surface area (Å²) < 4.78 is 5.12. The second-order valence-corrected chi connectivity index (χ2v) is 5.78. The first-order chi connectivity index (χ1) is 4.77. The molecule has 0 heterocycles. The van der Waals surface area contributed by atoms with Gasteiger partial charge in [0.25, 0.3) is 0 Å². The van der Waals surface area contributed by atoms with Crippen molar-refractivity contribution < 1.29 is 3.07 Å². The van der Waals surface area contributed by atoms with Gasteiger partial charge in [0, 0.05) is 0 Å². The first-order valence-corrected chi connectivity index (χ1v) is 4.88. The molecule has 66 valence electrons. The third kappa shape index (κ3) is 7.13. The van der Waals surface area contributed by atoms with Crippen LogP contribution in [0.1, 0.15) is 34.1 Å². The van der Waals surface area contributed by atoms with E-state index < -0.39 is 0 Å². The highest BCUT2D eigenvalue weighted by Crippen LogP contribution is 2.36. The Morgan fingerprint density at radius 2 is 1.73 bits per heavy atom. The van der Waals surface area contributed by atoms with Gasteiger partial charge in [0.2, 0.25) is 0 Å². The Hall–Kier alpha value is 0.755. The van der Waals surface area contributed by atoms with E-state index in [1.807, 2.05) is 23.0 Å². The van der Waals surface area contributed by atoms with E-state index in [1.165, 1.54) is 6.42 Å². The highest BCUT2D eigenvalue weighted by molar-refractivity contribution is 14.1. The highest BCUT2D eigenvalue weighted by Gasteiger charge is 2.25. The van der Waals surface area contributed by atoms with Crippen LogP contribution in [0.5, 0.6) is 0 Å². The summed E-state index contributed by atoms with van der Waals surface area (Å²) in [6.07, 6.45) is 1.20. The van der Waals surface area contributed by atoms with E-state index in [2.05, 4.69) is 35.5 Å². The minimum absolute atomic E-state index is 0.305. The Morgan fingerprint density at radius 3 is 2.00 bits per heavy atom. The van der Waals surface area contributed by atoms with Crippen molar-refractivity contribution in [2.45, 2.75) is 39.4 Å². The van der Waals surface area contributed by atoms with Gasteiger partial charge < -0.3 is 3.07 Å². The molecule has 0 rings (SSSR count). The van der Waals surface area contributed by atoms with Gasteiger partial charge in [0.05, 0.1) is 6.61 Å². The van der Waals surface area contributed by atoms with Crippen LogP contribution in [0.4, 0.5) is 0 Å². The molecule has 1 nitrogen and oxygen atoms in total. The van der Waals surface area contributed by atoms with Gasteiger partial charge >= 0.3 is 0 Å². The molecule has 0 aromatic carbocycles. The summed E-state index contributed by atoms with van der Waals surface area (Å²) in [5, 5.41) is 0.305. The second-order valence-electron chi connectivity index (χ2n) is 5.16. The molecular formula is C8H18BIO. The summed E-state index contributed by atoms with van der Waals surface area (Å²) >= 11 is 1.96. The van der Waals surface area contributed by atoms with Crippen molar-refractivity contribution in [2.75, 3.05) is 6.61 Å². The quantitative estimate of drug-likeness (QED) is 0.564. The standard InChI is InChI=1S/C8H18BIO/c1-7(2,3)5-8(4,9)6-11-10/h5-6,9H2,1-4H3. The number of halogens is 1. The number of hydrogen-bond acceptors (Lipinski definition) is 1. The van der Waals surface area contributed by atoms with Crippen LogP contribution in [-0.2, 0) is 3.07 Å². The molecule has 1 atom stereocenters. The van der Waals surface area contributed by atoms with Crippen LogP contribution in [0, 0.1) is 5.41 Å². The lowest BCUT2D eigenvalue weighted by atomic mass is 9.63. The maximum atomic E-state index is 5.12. The first kappa shape index (κ1) is 11.8. The normalized spacial score (nSPS) is 17.9. The molecule has 0 spiro atoms. The third-order valence-electron chi connectivity index (χ3n) is 1.45. The summed E-state index contributed by atoms with van der Waals surface area (Å²) in [5.41, 5.74) is 0.401. The smallest absolute Gasteiger partial charge is 0.112 e. The highest BCUT2D eigenvalue weighted by atomic mass is 127. The summed E-state index contributed by atoms with van der Waals surface area (Å²) in [6.45, 7) is 9.88. The zero-order valence-electron chi connectivity index (χ0n) is 8.20. The molecule has 0 aliphatic rings. The molecule has 0 saturated carbocycles. The zero-order valence-corrected chi connectivity index (χ0v) is 10.4. The molecule has 3 heteroatoms. The molecule has 0 amide bonds. The summed E-state index contributed by atoms with van der Waals surface area (Å²) in [5.74, 6) is 0. The van der Waals surface area contributed by atoms with E-state index in [4.69, 9.17) is 3.07 Å². The number of hydrogen-bond donors (Lipinski definition) is 0. The Morgan fingerprint density at radius 1 is 1.27 bits per heavy atom. The molecule has 0 aromatic rings. The van der Waals surface area contributed by atoms with Crippen LogP contribution in [0.3, 0.4) is 0 Å². The van der Waals surface area contributed by atoms with Crippen LogP contribution in [0.2, 0.25) is 5.31 Å². The van der Waals surface area contributed by atoms with Crippen molar-refractivity contribution in [3.05, 3.63) is 0 Å². The van der Waals surface area contributed by atoms with Crippen molar-refractivity contribution in [1.29, 1.82) is 0 Å². The van der Waals surface area contributed by atoms with Crippen LogP contribution in [0.25, 0.3) is 0 Å². The summed E-state index contributed by atoms with van der Waals surface area (Å²) in [7, 11) is 2.25. The van der Waals surface area contributed by atoms with Crippen molar-refractivity contribution in [1.82, 2.24) is 0 Å². The molecule has 0 N–H and O–H groups in total. The van der Waals surface area contributed by atoms with Crippen LogP contribution in [-0.4, -0.2) is 14.5 Å². The topological polar surface area (TPSA) is 9.23 Å². The van der Waals surface area contributed by atoms with Crippen molar-refractivity contribution in [2.24, 2.45) is 5.41 Å². The largest absolute Gasteiger partial charge is 0.316 e.